The number of allylic oxidation sites excluding steroid dienone is 3. The largest absolute Gasteiger partial charge is 0.310 e. The van der Waals surface area contributed by atoms with Crippen molar-refractivity contribution in [3.63, 3.8) is 0 Å². The van der Waals surface area contributed by atoms with Crippen LogP contribution in [-0.2, 0) is 0 Å². The second-order valence-electron chi connectivity index (χ2n) is 12.7. The van der Waals surface area contributed by atoms with E-state index in [0.717, 1.165) is 12.8 Å². The van der Waals surface area contributed by atoms with Crippen molar-refractivity contribution in [3.8, 4) is 66.8 Å². The summed E-state index contributed by atoms with van der Waals surface area (Å²) in [5.74, 6) is 0. The van der Waals surface area contributed by atoms with Gasteiger partial charge in [0.25, 0.3) is 0 Å². The van der Waals surface area contributed by atoms with Gasteiger partial charge in [0.15, 0.2) is 0 Å². The number of fused-ring (bicyclic) bond motifs is 5. The fourth-order valence-electron chi connectivity index (χ4n) is 8.24. The second kappa shape index (κ2) is 10.3. The Kier molecular flexibility index (Phi) is 5.77. The van der Waals surface area contributed by atoms with Crippen LogP contribution in [0.5, 0.6) is 0 Å². The van der Waals surface area contributed by atoms with E-state index in [2.05, 4.69) is 169 Å². The fraction of sp³-hybridized carbons (Fsp3) is 0.0435. The lowest BCUT2D eigenvalue weighted by Crippen LogP contribution is -2.18. The fourth-order valence-corrected chi connectivity index (χ4v) is 8.24. The number of benzene rings is 7. The Bertz CT molecular complexity index is 2450. The highest BCUT2D eigenvalue weighted by Crippen LogP contribution is 2.59. The van der Waals surface area contributed by atoms with Crippen molar-refractivity contribution in [2.24, 2.45) is 0 Å². The van der Waals surface area contributed by atoms with Crippen LogP contribution in [-0.4, -0.2) is 0 Å². The first kappa shape index (κ1) is 26.3. The van der Waals surface area contributed by atoms with E-state index in [1.165, 1.54) is 94.6 Å². The van der Waals surface area contributed by atoms with Crippen molar-refractivity contribution < 1.29 is 0 Å². The topological polar surface area (TPSA) is 3.24 Å². The number of anilines is 2. The Labute approximate surface area is 275 Å². The summed E-state index contributed by atoms with van der Waals surface area (Å²) in [6.45, 7) is 0. The summed E-state index contributed by atoms with van der Waals surface area (Å²) in [5.41, 5.74) is 19.1. The number of hydrogen-bond donors (Lipinski definition) is 0. The van der Waals surface area contributed by atoms with Gasteiger partial charge >= 0.3 is 0 Å². The first-order valence-corrected chi connectivity index (χ1v) is 16.6. The molecule has 0 fully saturated rings. The van der Waals surface area contributed by atoms with Crippen LogP contribution in [0.4, 0.5) is 11.4 Å². The third-order valence-electron chi connectivity index (χ3n) is 10.2. The smallest absolute Gasteiger partial charge is 0.0546 e. The first-order chi connectivity index (χ1) is 23.4. The van der Waals surface area contributed by atoms with Gasteiger partial charge in [-0.25, -0.2) is 0 Å². The lowest BCUT2D eigenvalue weighted by molar-refractivity contribution is 0.998. The van der Waals surface area contributed by atoms with Gasteiger partial charge in [0, 0.05) is 22.4 Å². The molecule has 7 aromatic carbocycles. The van der Waals surface area contributed by atoms with Crippen molar-refractivity contribution in [2.75, 3.05) is 4.90 Å². The minimum absolute atomic E-state index is 1.02. The summed E-state index contributed by atoms with van der Waals surface area (Å²) in [6, 6.07) is 54.0. The van der Waals surface area contributed by atoms with E-state index in [-0.39, 0.29) is 0 Å². The lowest BCUT2D eigenvalue weighted by atomic mass is 9.82. The molecule has 1 nitrogen and oxygen atoms in total. The van der Waals surface area contributed by atoms with Crippen LogP contribution in [0.25, 0.3) is 77.5 Å². The quantitative estimate of drug-likeness (QED) is 0.195. The van der Waals surface area contributed by atoms with E-state index in [1.807, 2.05) is 0 Å². The van der Waals surface area contributed by atoms with Gasteiger partial charge < -0.3 is 4.90 Å². The zero-order chi connectivity index (χ0) is 30.9. The Morgan fingerprint density at radius 1 is 0.362 bits per heavy atom. The molecule has 0 heterocycles. The molecule has 3 aliphatic carbocycles. The van der Waals surface area contributed by atoms with E-state index in [0.29, 0.717) is 0 Å². The summed E-state index contributed by atoms with van der Waals surface area (Å²) >= 11 is 0. The highest BCUT2D eigenvalue weighted by Gasteiger charge is 2.33. The van der Waals surface area contributed by atoms with Crippen molar-refractivity contribution in [2.45, 2.75) is 12.8 Å². The molecule has 7 aromatic rings. The van der Waals surface area contributed by atoms with Crippen LogP contribution < -0.4 is 4.90 Å². The Balaban J connectivity index is 1.32. The van der Waals surface area contributed by atoms with Crippen molar-refractivity contribution in [1.29, 1.82) is 0 Å². The third-order valence-corrected chi connectivity index (χ3v) is 10.2. The molecule has 0 atom stereocenters. The summed E-state index contributed by atoms with van der Waals surface area (Å²) in [6.07, 6.45) is 9.14. The zero-order valence-electron chi connectivity index (χ0n) is 25.9. The Morgan fingerprint density at radius 2 is 0.894 bits per heavy atom. The van der Waals surface area contributed by atoms with Crippen LogP contribution in [0.2, 0.25) is 0 Å². The predicted octanol–water partition coefficient (Wildman–Crippen LogP) is 12.8. The molecule has 0 radical (unpaired) electrons. The summed E-state index contributed by atoms with van der Waals surface area (Å²) in [4.78, 5) is 2.53. The van der Waals surface area contributed by atoms with Crippen LogP contribution in [0, 0.1) is 0 Å². The van der Waals surface area contributed by atoms with Gasteiger partial charge in [-0.05, 0) is 91.9 Å². The molecule has 0 amide bonds. The minimum atomic E-state index is 1.02. The maximum Gasteiger partial charge on any atom is 0.0546 e. The number of hydrogen-bond acceptors (Lipinski definition) is 1. The second-order valence-corrected chi connectivity index (χ2v) is 12.7. The van der Waals surface area contributed by atoms with Gasteiger partial charge in [-0.1, -0.05) is 146 Å². The zero-order valence-corrected chi connectivity index (χ0v) is 25.9. The molecular formula is C46H31N. The molecule has 1 heteroatoms. The molecule has 220 valence electrons. The van der Waals surface area contributed by atoms with Gasteiger partial charge in [-0.2, -0.15) is 0 Å². The standard InChI is InChI=1S/C46H31N/c1-2-16-31(17-3-1)47(42-28-9-8-20-35(42)33-22-10-15-30-14-4-5-18-32(30)33)43-29-13-27-41-39-25-12-24-38-40-26-11-23-37(45(40)46(41)43)34-19-6-7-21-36(34)44(38)39/h2,4-29H,1,3H2. The van der Waals surface area contributed by atoms with E-state index >= 15 is 0 Å². The molecule has 0 saturated carbocycles. The highest BCUT2D eigenvalue weighted by atomic mass is 15.2. The van der Waals surface area contributed by atoms with Gasteiger partial charge in [-0.3, -0.25) is 0 Å². The number of para-hydroxylation sites is 1. The van der Waals surface area contributed by atoms with E-state index in [4.69, 9.17) is 0 Å². The summed E-state index contributed by atoms with van der Waals surface area (Å²) < 4.78 is 0. The third kappa shape index (κ3) is 3.84. The van der Waals surface area contributed by atoms with Gasteiger partial charge in [-0.15, -0.1) is 0 Å². The summed E-state index contributed by atoms with van der Waals surface area (Å²) in [5, 5.41) is 2.52. The van der Waals surface area contributed by atoms with Crippen LogP contribution >= 0.6 is 0 Å². The molecule has 10 rings (SSSR count). The van der Waals surface area contributed by atoms with E-state index < -0.39 is 0 Å². The molecular weight excluding hydrogens is 567 g/mol. The molecule has 0 aromatic heterocycles. The van der Waals surface area contributed by atoms with Crippen molar-refractivity contribution in [1.82, 2.24) is 0 Å². The summed E-state index contributed by atoms with van der Waals surface area (Å²) in [7, 11) is 0. The molecule has 6 bridgehead atoms. The lowest BCUT2D eigenvalue weighted by Gasteiger charge is -2.33. The molecule has 0 aliphatic heterocycles. The number of rotatable bonds is 4. The molecule has 3 aliphatic rings. The van der Waals surface area contributed by atoms with Crippen molar-refractivity contribution in [3.05, 3.63) is 170 Å². The molecule has 0 spiro atoms. The van der Waals surface area contributed by atoms with Crippen LogP contribution in [0.1, 0.15) is 12.8 Å². The van der Waals surface area contributed by atoms with Gasteiger partial charge in [0.2, 0.25) is 0 Å². The normalized spacial score (nSPS) is 13.4. The van der Waals surface area contributed by atoms with Gasteiger partial charge in [0.05, 0.1) is 11.4 Å². The van der Waals surface area contributed by atoms with Crippen molar-refractivity contribution >= 4 is 22.1 Å². The Morgan fingerprint density at radius 3 is 1.68 bits per heavy atom. The van der Waals surface area contributed by atoms with Crippen LogP contribution in [0.3, 0.4) is 0 Å². The average molecular weight is 598 g/mol. The predicted molar refractivity (Wildman–Crippen MR) is 199 cm³/mol. The highest BCUT2D eigenvalue weighted by molar-refractivity contribution is 6.17. The van der Waals surface area contributed by atoms with Gasteiger partial charge in [0.1, 0.15) is 0 Å². The minimum Gasteiger partial charge on any atom is -0.310 e. The Hall–Kier alpha value is -5.92. The monoisotopic (exact) mass is 597 g/mol. The number of nitrogens with zero attached hydrogens (tertiary/aromatic N) is 1. The average Bonchev–Trinajstić information content (AvgIpc) is 3.25. The van der Waals surface area contributed by atoms with Crippen LogP contribution in [0.15, 0.2) is 170 Å². The maximum atomic E-state index is 2.53. The van der Waals surface area contributed by atoms with E-state index in [9.17, 15) is 0 Å². The van der Waals surface area contributed by atoms with E-state index in [1.54, 1.807) is 0 Å². The molecule has 47 heavy (non-hydrogen) atoms. The molecule has 0 unspecified atom stereocenters. The first-order valence-electron chi connectivity index (χ1n) is 16.6. The molecule has 0 N–H and O–H groups in total. The SMILES string of the molecule is C1=CC(N(c2ccccc2-c2cccc3ccccc23)c2cccc3c2-c2c4cccc2-c2cccc-3c2-c2ccccc2-4)=CCC1. The maximum absolute atomic E-state index is 2.53. The molecule has 0 saturated heterocycles.